The van der Waals surface area contributed by atoms with Crippen LogP contribution in [0.5, 0.6) is 11.5 Å². The van der Waals surface area contributed by atoms with Crippen molar-refractivity contribution < 1.29 is 19.7 Å². The van der Waals surface area contributed by atoms with Crippen molar-refractivity contribution >= 4 is 16.9 Å². The summed E-state index contributed by atoms with van der Waals surface area (Å²) in [5.74, 6) is -1.33. The van der Waals surface area contributed by atoms with Gasteiger partial charge in [0, 0.05) is 5.39 Å². The van der Waals surface area contributed by atoms with Crippen LogP contribution in [-0.4, -0.2) is 28.3 Å². The smallest absolute Gasteiger partial charge is 0.341 e. The maximum absolute atomic E-state index is 11.4. The van der Waals surface area contributed by atoms with Crippen LogP contribution < -0.4 is 10.3 Å². The zero-order valence-electron chi connectivity index (χ0n) is 8.85. The van der Waals surface area contributed by atoms with Gasteiger partial charge in [-0.2, -0.15) is 0 Å². The molecule has 0 bridgehead atoms. The standard InChI is InChI=1S/C11H9NO5/c1-17-7-3-2-5-4-6(11(15)16)10(14)12-8(5)9(7)13/h2-4,13H,1H3,(H,12,14)(H,15,16). The molecule has 2 rings (SSSR count). The van der Waals surface area contributed by atoms with Gasteiger partial charge in [0.2, 0.25) is 0 Å². The van der Waals surface area contributed by atoms with Crippen molar-refractivity contribution in [2.45, 2.75) is 0 Å². The lowest BCUT2D eigenvalue weighted by Crippen LogP contribution is -2.17. The fraction of sp³-hybridized carbons (Fsp3) is 0.0909. The van der Waals surface area contributed by atoms with Crippen LogP contribution in [0.3, 0.4) is 0 Å². The molecule has 0 saturated carbocycles. The van der Waals surface area contributed by atoms with E-state index in [1.807, 2.05) is 0 Å². The number of fused-ring (bicyclic) bond motifs is 1. The molecule has 0 aliphatic carbocycles. The molecule has 0 aliphatic rings. The molecule has 1 heterocycles. The summed E-state index contributed by atoms with van der Waals surface area (Å²) in [6.07, 6.45) is 0. The number of hydrogen-bond donors (Lipinski definition) is 3. The summed E-state index contributed by atoms with van der Waals surface area (Å²) in [5, 5.41) is 19.0. The summed E-state index contributed by atoms with van der Waals surface area (Å²) in [5.41, 5.74) is -0.991. The largest absolute Gasteiger partial charge is 0.503 e. The van der Waals surface area contributed by atoms with Gasteiger partial charge in [-0.25, -0.2) is 4.79 Å². The van der Waals surface area contributed by atoms with Crippen LogP contribution in [0.15, 0.2) is 23.0 Å². The summed E-state index contributed by atoms with van der Waals surface area (Å²) in [4.78, 5) is 24.5. The first-order chi connectivity index (χ1) is 8.04. The lowest BCUT2D eigenvalue weighted by atomic mass is 10.1. The number of pyridine rings is 1. The lowest BCUT2D eigenvalue weighted by Gasteiger charge is -2.06. The van der Waals surface area contributed by atoms with Crippen LogP contribution in [-0.2, 0) is 0 Å². The van der Waals surface area contributed by atoms with E-state index in [-0.39, 0.29) is 22.6 Å². The molecule has 0 radical (unpaired) electrons. The zero-order valence-corrected chi connectivity index (χ0v) is 8.85. The van der Waals surface area contributed by atoms with Crippen molar-refractivity contribution in [1.82, 2.24) is 4.98 Å². The van der Waals surface area contributed by atoms with Crippen molar-refractivity contribution in [2.24, 2.45) is 0 Å². The van der Waals surface area contributed by atoms with E-state index in [1.54, 1.807) is 6.07 Å². The number of hydrogen-bond acceptors (Lipinski definition) is 4. The van der Waals surface area contributed by atoms with Crippen molar-refractivity contribution in [3.8, 4) is 11.5 Å². The third-order valence-corrected chi connectivity index (χ3v) is 2.41. The molecule has 0 saturated heterocycles. The van der Waals surface area contributed by atoms with Crippen molar-refractivity contribution in [1.29, 1.82) is 0 Å². The van der Waals surface area contributed by atoms with Crippen LogP contribution in [0.25, 0.3) is 10.9 Å². The quantitative estimate of drug-likeness (QED) is 0.719. The maximum Gasteiger partial charge on any atom is 0.341 e. The van der Waals surface area contributed by atoms with Gasteiger partial charge in [-0.3, -0.25) is 4.79 Å². The number of phenolic OH excluding ortho intramolecular Hbond substituents is 1. The Bertz CT molecular complexity index is 659. The average Bonchev–Trinajstić information content (AvgIpc) is 2.29. The van der Waals surface area contributed by atoms with Gasteiger partial charge in [-0.05, 0) is 18.2 Å². The third-order valence-electron chi connectivity index (χ3n) is 2.41. The minimum Gasteiger partial charge on any atom is -0.503 e. The highest BCUT2D eigenvalue weighted by Crippen LogP contribution is 2.32. The number of aromatic nitrogens is 1. The average molecular weight is 235 g/mol. The minimum absolute atomic E-state index is 0.152. The number of carboxylic acids is 1. The monoisotopic (exact) mass is 235 g/mol. The van der Waals surface area contributed by atoms with E-state index < -0.39 is 11.5 Å². The normalized spacial score (nSPS) is 10.4. The number of benzene rings is 1. The van der Waals surface area contributed by atoms with Gasteiger partial charge in [0.25, 0.3) is 5.56 Å². The highest BCUT2D eigenvalue weighted by Gasteiger charge is 2.13. The zero-order chi connectivity index (χ0) is 12.6. The number of H-pyrrole nitrogens is 1. The van der Waals surface area contributed by atoms with Gasteiger partial charge in [0.15, 0.2) is 11.5 Å². The predicted octanol–water partition coefficient (Wildman–Crippen LogP) is 0.940. The van der Waals surface area contributed by atoms with Crippen LogP contribution in [0.2, 0.25) is 0 Å². The highest BCUT2D eigenvalue weighted by molar-refractivity contribution is 5.94. The summed E-state index contributed by atoms with van der Waals surface area (Å²) in [6.45, 7) is 0. The molecule has 0 amide bonds. The first kappa shape index (κ1) is 11.0. The van der Waals surface area contributed by atoms with Crippen molar-refractivity contribution in [3.63, 3.8) is 0 Å². The van der Waals surface area contributed by atoms with Crippen LogP contribution >= 0.6 is 0 Å². The third kappa shape index (κ3) is 1.69. The number of aromatic hydroxyl groups is 1. The van der Waals surface area contributed by atoms with Gasteiger partial charge < -0.3 is 19.9 Å². The number of methoxy groups -OCH3 is 1. The molecule has 0 aliphatic heterocycles. The summed E-state index contributed by atoms with van der Waals surface area (Å²) in [7, 11) is 1.38. The molecule has 0 fully saturated rings. The fourth-order valence-electron chi connectivity index (χ4n) is 1.56. The first-order valence-corrected chi connectivity index (χ1v) is 4.71. The van der Waals surface area contributed by atoms with Gasteiger partial charge in [0.1, 0.15) is 5.56 Å². The molecular formula is C11H9NO5. The molecule has 17 heavy (non-hydrogen) atoms. The number of nitrogens with one attached hydrogen (secondary N) is 1. The van der Waals surface area contributed by atoms with Gasteiger partial charge in [-0.15, -0.1) is 0 Å². The molecule has 6 nitrogen and oxygen atoms in total. The second-order valence-corrected chi connectivity index (χ2v) is 3.40. The Morgan fingerprint density at radius 3 is 2.71 bits per heavy atom. The number of aromatic amines is 1. The summed E-state index contributed by atoms with van der Waals surface area (Å²) >= 11 is 0. The number of aromatic carboxylic acids is 1. The van der Waals surface area contributed by atoms with E-state index in [2.05, 4.69) is 4.98 Å². The molecule has 0 unspecified atom stereocenters. The van der Waals surface area contributed by atoms with Crippen LogP contribution in [0.1, 0.15) is 10.4 Å². The minimum atomic E-state index is -1.32. The Kier molecular flexibility index (Phi) is 2.47. The van der Waals surface area contributed by atoms with E-state index in [4.69, 9.17) is 9.84 Å². The molecule has 1 aromatic carbocycles. The Morgan fingerprint density at radius 2 is 2.12 bits per heavy atom. The molecule has 1 aromatic heterocycles. The number of carboxylic acid groups (broad SMARTS) is 1. The number of rotatable bonds is 2. The van der Waals surface area contributed by atoms with Gasteiger partial charge in [-0.1, -0.05) is 0 Å². The fourth-order valence-corrected chi connectivity index (χ4v) is 1.56. The van der Waals surface area contributed by atoms with Gasteiger partial charge in [0.05, 0.1) is 12.6 Å². The van der Waals surface area contributed by atoms with E-state index in [1.165, 1.54) is 19.2 Å². The number of phenols is 1. The Morgan fingerprint density at radius 1 is 1.41 bits per heavy atom. The lowest BCUT2D eigenvalue weighted by molar-refractivity contribution is 0.0695. The second kappa shape index (κ2) is 3.82. The van der Waals surface area contributed by atoms with Crippen molar-refractivity contribution in [2.75, 3.05) is 7.11 Å². The Balaban J connectivity index is 2.83. The van der Waals surface area contributed by atoms with Crippen LogP contribution in [0, 0.1) is 0 Å². The number of carbonyl (C=O) groups is 1. The first-order valence-electron chi connectivity index (χ1n) is 4.71. The molecule has 88 valence electrons. The molecule has 0 atom stereocenters. The van der Waals surface area contributed by atoms with E-state index >= 15 is 0 Å². The van der Waals surface area contributed by atoms with E-state index in [0.29, 0.717) is 5.39 Å². The SMILES string of the molecule is COc1ccc2cc(C(=O)O)c(=O)[nH]c2c1O. The molecular weight excluding hydrogens is 226 g/mol. The molecule has 2 aromatic rings. The summed E-state index contributed by atoms with van der Waals surface area (Å²) < 4.78 is 4.88. The van der Waals surface area contributed by atoms with Crippen molar-refractivity contribution in [3.05, 3.63) is 34.1 Å². The molecule has 0 spiro atoms. The summed E-state index contributed by atoms with van der Waals surface area (Å²) in [6, 6.07) is 4.24. The second-order valence-electron chi connectivity index (χ2n) is 3.40. The molecule has 6 heteroatoms. The molecule has 3 N–H and O–H groups in total. The maximum atomic E-state index is 11.4. The topological polar surface area (TPSA) is 99.6 Å². The Labute approximate surface area is 95.1 Å². The highest BCUT2D eigenvalue weighted by atomic mass is 16.5. The number of ether oxygens (including phenoxy) is 1. The predicted molar refractivity (Wildman–Crippen MR) is 59.7 cm³/mol. The van der Waals surface area contributed by atoms with E-state index in [0.717, 1.165) is 0 Å². The Hall–Kier alpha value is -2.50. The van der Waals surface area contributed by atoms with E-state index in [9.17, 15) is 14.7 Å². The van der Waals surface area contributed by atoms with Gasteiger partial charge >= 0.3 is 5.97 Å². The van der Waals surface area contributed by atoms with Crippen LogP contribution in [0.4, 0.5) is 0 Å².